The lowest BCUT2D eigenvalue weighted by Crippen LogP contribution is -2.43. The summed E-state index contributed by atoms with van der Waals surface area (Å²) in [5, 5.41) is 3.32. The molecule has 0 unspecified atom stereocenters. The van der Waals surface area contributed by atoms with Gasteiger partial charge in [-0.15, -0.1) is 0 Å². The lowest BCUT2D eigenvalue weighted by Gasteiger charge is -2.17. The molecule has 126 valence electrons. The first-order chi connectivity index (χ1) is 11.4. The van der Waals surface area contributed by atoms with E-state index in [2.05, 4.69) is 37.2 Å². The molecule has 0 spiro atoms. The largest absolute Gasteiger partial charge is 0.467 e. The second kappa shape index (κ2) is 8.65. The van der Waals surface area contributed by atoms with Crippen molar-refractivity contribution in [1.82, 2.24) is 5.32 Å². The highest BCUT2D eigenvalue weighted by atomic mass is 79.9. The Kier molecular flexibility index (Phi) is 6.83. The summed E-state index contributed by atoms with van der Waals surface area (Å²) in [4.78, 5) is 24.4. The molecule has 0 aliphatic carbocycles. The number of hydrogen-bond donors (Lipinski definition) is 1. The average Bonchev–Trinajstić information content (AvgIpc) is 2.54. The third-order valence-corrected chi connectivity index (χ3v) is 4.44. The van der Waals surface area contributed by atoms with Crippen LogP contribution in [0.25, 0.3) is 0 Å². The van der Waals surface area contributed by atoms with Gasteiger partial charge in [-0.1, -0.05) is 55.6 Å². The van der Waals surface area contributed by atoms with Crippen molar-refractivity contribution in [2.75, 3.05) is 7.11 Å². The molecule has 1 amide bonds. The van der Waals surface area contributed by atoms with E-state index in [4.69, 9.17) is 16.3 Å². The van der Waals surface area contributed by atoms with Gasteiger partial charge in [-0.25, -0.2) is 4.79 Å². The molecule has 0 bridgehead atoms. The predicted octanol–water partition coefficient (Wildman–Crippen LogP) is 4.38. The van der Waals surface area contributed by atoms with Crippen molar-refractivity contribution < 1.29 is 14.3 Å². The second-order valence-corrected chi connectivity index (χ2v) is 7.31. The van der Waals surface area contributed by atoms with Gasteiger partial charge in [0.1, 0.15) is 6.04 Å². The van der Waals surface area contributed by atoms with Crippen LogP contribution in [-0.4, -0.2) is 25.0 Å². The van der Waals surface area contributed by atoms with Crippen LogP contribution in [0.5, 0.6) is 0 Å². The van der Waals surface area contributed by atoms with E-state index >= 15 is 0 Å². The molecule has 24 heavy (non-hydrogen) atoms. The van der Waals surface area contributed by atoms with Gasteiger partial charge in [-0.2, -0.15) is 0 Å². The molecular weight excluding hydrogens is 461 g/mol. The smallest absolute Gasteiger partial charge is 0.328 e. The minimum absolute atomic E-state index is 0.310. The van der Waals surface area contributed by atoms with Gasteiger partial charge in [0, 0.05) is 26.0 Å². The van der Waals surface area contributed by atoms with Crippen molar-refractivity contribution in [3.8, 4) is 0 Å². The number of benzene rings is 2. The lowest BCUT2D eigenvalue weighted by atomic mass is 10.1. The zero-order chi connectivity index (χ0) is 17.7. The van der Waals surface area contributed by atoms with Gasteiger partial charge in [0.05, 0.1) is 7.11 Å². The number of esters is 1. The lowest BCUT2D eigenvalue weighted by molar-refractivity contribution is -0.142. The standard InChI is InChI=1S/C17H14Br2ClNO3/c1-24-17(23)15(6-10-2-4-14(20)5-3-10)21-16(22)11-7-12(18)9-13(19)8-11/h2-5,7-9,15H,6H2,1H3,(H,21,22)/t15-/m1/s1. The quantitative estimate of drug-likeness (QED) is 0.653. The topological polar surface area (TPSA) is 55.4 Å². The molecular formula is C17H14Br2ClNO3. The molecule has 0 saturated carbocycles. The maximum atomic E-state index is 12.4. The molecule has 0 saturated heterocycles. The summed E-state index contributed by atoms with van der Waals surface area (Å²) in [6, 6.07) is 11.5. The number of ether oxygens (including phenoxy) is 1. The summed E-state index contributed by atoms with van der Waals surface area (Å²) in [5.74, 6) is -0.867. The average molecular weight is 476 g/mol. The highest BCUT2D eigenvalue weighted by Crippen LogP contribution is 2.20. The molecule has 2 aromatic rings. The molecule has 2 rings (SSSR count). The SMILES string of the molecule is COC(=O)[C@@H](Cc1ccc(Cl)cc1)NC(=O)c1cc(Br)cc(Br)c1. The Bertz CT molecular complexity index is 730. The maximum absolute atomic E-state index is 12.4. The molecule has 0 radical (unpaired) electrons. The van der Waals surface area contributed by atoms with E-state index in [0.717, 1.165) is 14.5 Å². The van der Waals surface area contributed by atoms with E-state index in [1.807, 2.05) is 6.07 Å². The molecule has 0 heterocycles. The van der Waals surface area contributed by atoms with Crippen molar-refractivity contribution in [1.29, 1.82) is 0 Å². The zero-order valence-electron chi connectivity index (χ0n) is 12.7. The Hall–Kier alpha value is -1.37. The van der Waals surface area contributed by atoms with Gasteiger partial charge in [0.15, 0.2) is 0 Å². The summed E-state index contributed by atoms with van der Waals surface area (Å²) < 4.78 is 6.31. The number of hydrogen-bond acceptors (Lipinski definition) is 3. The van der Waals surface area contributed by atoms with E-state index in [-0.39, 0.29) is 5.91 Å². The summed E-state index contributed by atoms with van der Waals surface area (Å²) in [7, 11) is 1.29. The first-order valence-corrected chi connectivity index (χ1v) is 8.94. The molecule has 1 atom stereocenters. The fraction of sp³-hybridized carbons (Fsp3) is 0.176. The van der Waals surface area contributed by atoms with Gasteiger partial charge >= 0.3 is 5.97 Å². The minimum Gasteiger partial charge on any atom is -0.467 e. The zero-order valence-corrected chi connectivity index (χ0v) is 16.6. The fourth-order valence-electron chi connectivity index (χ4n) is 2.12. The van der Waals surface area contributed by atoms with Crippen LogP contribution < -0.4 is 5.32 Å². The van der Waals surface area contributed by atoms with Crippen molar-refractivity contribution in [3.63, 3.8) is 0 Å². The molecule has 4 nitrogen and oxygen atoms in total. The van der Waals surface area contributed by atoms with Crippen molar-refractivity contribution >= 4 is 55.3 Å². The third-order valence-electron chi connectivity index (χ3n) is 3.27. The van der Waals surface area contributed by atoms with Gasteiger partial charge in [0.25, 0.3) is 5.91 Å². The van der Waals surface area contributed by atoms with Crippen LogP contribution in [0.4, 0.5) is 0 Å². The molecule has 0 fully saturated rings. The highest BCUT2D eigenvalue weighted by molar-refractivity contribution is 9.11. The third kappa shape index (κ3) is 5.33. The number of carbonyl (C=O) groups is 2. The van der Waals surface area contributed by atoms with Gasteiger partial charge in [-0.05, 0) is 35.9 Å². The monoisotopic (exact) mass is 473 g/mol. The highest BCUT2D eigenvalue weighted by Gasteiger charge is 2.23. The van der Waals surface area contributed by atoms with Crippen molar-refractivity contribution in [2.45, 2.75) is 12.5 Å². The van der Waals surface area contributed by atoms with Crippen molar-refractivity contribution in [3.05, 3.63) is 67.6 Å². The Morgan fingerprint density at radius 1 is 1.12 bits per heavy atom. The number of rotatable bonds is 5. The first-order valence-electron chi connectivity index (χ1n) is 6.98. The van der Waals surface area contributed by atoms with Crippen LogP contribution in [-0.2, 0) is 16.0 Å². The second-order valence-electron chi connectivity index (χ2n) is 5.04. The van der Waals surface area contributed by atoms with Crippen LogP contribution in [0.3, 0.4) is 0 Å². The number of amides is 1. The van der Waals surface area contributed by atoms with E-state index in [9.17, 15) is 9.59 Å². The Morgan fingerprint density at radius 3 is 2.25 bits per heavy atom. The summed E-state index contributed by atoms with van der Waals surface area (Å²) in [6.07, 6.45) is 0.310. The van der Waals surface area contributed by atoms with Gasteiger partial charge < -0.3 is 10.1 Å². The normalized spacial score (nSPS) is 11.7. The fourth-order valence-corrected chi connectivity index (χ4v) is 3.54. The number of halogens is 3. The minimum atomic E-state index is -0.790. The van der Waals surface area contributed by atoms with Crippen LogP contribution >= 0.6 is 43.5 Å². The van der Waals surface area contributed by atoms with Gasteiger partial charge in [-0.3, -0.25) is 4.79 Å². The van der Waals surface area contributed by atoms with Gasteiger partial charge in [0.2, 0.25) is 0 Å². The first kappa shape index (κ1) is 19.0. The molecule has 7 heteroatoms. The van der Waals surface area contributed by atoms with Crippen LogP contribution in [0.15, 0.2) is 51.4 Å². The van der Waals surface area contributed by atoms with E-state index in [0.29, 0.717) is 17.0 Å². The predicted molar refractivity (Wildman–Crippen MR) is 100 cm³/mol. The molecule has 0 aliphatic rings. The van der Waals surface area contributed by atoms with Crippen LogP contribution in [0, 0.1) is 0 Å². The van der Waals surface area contributed by atoms with E-state index in [1.54, 1.807) is 36.4 Å². The maximum Gasteiger partial charge on any atom is 0.328 e. The molecule has 0 aromatic heterocycles. The van der Waals surface area contributed by atoms with Crippen molar-refractivity contribution in [2.24, 2.45) is 0 Å². The summed E-state index contributed by atoms with van der Waals surface area (Å²) >= 11 is 12.5. The Labute approximate surface area is 161 Å². The number of carbonyl (C=O) groups excluding carboxylic acids is 2. The molecule has 0 aliphatic heterocycles. The molecule has 2 aromatic carbocycles. The Morgan fingerprint density at radius 2 is 1.71 bits per heavy atom. The van der Waals surface area contributed by atoms with E-state index < -0.39 is 12.0 Å². The van der Waals surface area contributed by atoms with Crippen LogP contribution in [0.1, 0.15) is 15.9 Å². The number of nitrogens with one attached hydrogen (secondary N) is 1. The number of methoxy groups -OCH3 is 1. The summed E-state index contributed by atoms with van der Waals surface area (Å²) in [5.41, 5.74) is 1.30. The summed E-state index contributed by atoms with van der Waals surface area (Å²) in [6.45, 7) is 0. The van der Waals surface area contributed by atoms with Crippen LogP contribution in [0.2, 0.25) is 5.02 Å². The Balaban J connectivity index is 2.17. The van der Waals surface area contributed by atoms with E-state index in [1.165, 1.54) is 7.11 Å². The molecule has 1 N–H and O–H groups in total.